The molecule has 8 nitrogen and oxygen atoms in total. The summed E-state index contributed by atoms with van der Waals surface area (Å²) in [6.07, 6.45) is 5.24. The van der Waals surface area contributed by atoms with E-state index >= 15 is 0 Å². The number of anilines is 1. The molecule has 2 amide bonds. The number of sulfonamides is 1. The van der Waals surface area contributed by atoms with Gasteiger partial charge in [-0.3, -0.25) is 13.9 Å². The molecule has 0 unspecified atom stereocenters. The Morgan fingerprint density at radius 3 is 2.24 bits per heavy atom. The zero-order chi connectivity index (χ0) is 32.6. The van der Waals surface area contributed by atoms with Gasteiger partial charge in [0.05, 0.1) is 17.2 Å². The van der Waals surface area contributed by atoms with Crippen molar-refractivity contribution in [3.63, 3.8) is 0 Å². The van der Waals surface area contributed by atoms with E-state index in [1.807, 2.05) is 6.92 Å². The fraction of sp³-hybridized carbons (Fsp3) is 0.394. The molecule has 3 aromatic rings. The minimum Gasteiger partial charge on any atom is -0.492 e. The molecule has 0 spiro atoms. The fourth-order valence-corrected chi connectivity index (χ4v) is 7.50. The van der Waals surface area contributed by atoms with Crippen LogP contribution in [-0.4, -0.2) is 50.4 Å². The number of nitrogens with one attached hydrogen (secondary N) is 1. The molecule has 0 aromatic heterocycles. The van der Waals surface area contributed by atoms with Crippen LogP contribution >= 0.6 is 34.8 Å². The van der Waals surface area contributed by atoms with Gasteiger partial charge in [-0.25, -0.2) is 8.42 Å². The average molecular weight is 695 g/mol. The lowest BCUT2D eigenvalue weighted by Gasteiger charge is -2.35. The maximum absolute atomic E-state index is 14.4. The third kappa shape index (κ3) is 8.85. The first-order valence-electron chi connectivity index (χ1n) is 15.1. The summed E-state index contributed by atoms with van der Waals surface area (Å²) in [5.41, 5.74) is 0.756. The smallest absolute Gasteiger partial charge is 0.264 e. The molecular formula is C33H38Cl3N3O5S. The minimum absolute atomic E-state index is 0.0243. The van der Waals surface area contributed by atoms with E-state index in [4.69, 9.17) is 39.5 Å². The lowest BCUT2D eigenvalue weighted by molar-refractivity contribution is -0.140. The second-order valence-electron chi connectivity index (χ2n) is 10.9. The van der Waals surface area contributed by atoms with Crippen LogP contribution in [0.4, 0.5) is 5.69 Å². The third-order valence-corrected chi connectivity index (χ3v) is 10.4. The first kappa shape index (κ1) is 34.9. The van der Waals surface area contributed by atoms with Gasteiger partial charge in [-0.05, 0) is 80.3 Å². The molecule has 0 bridgehead atoms. The molecule has 0 saturated heterocycles. The Labute approximate surface area is 280 Å². The van der Waals surface area contributed by atoms with Crippen LogP contribution in [0.15, 0.2) is 71.6 Å². The van der Waals surface area contributed by atoms with Crippen LogP contribution in [0.25, 0.3) is 0 Å². The van der Waals surface area contributed by atoms with Crippen molar-refractivity contribution in [2.45, 2.75) is 75.9 Å². The van der Waals surface area contributed by atoms with Crippen LogP contribution in [0.5, 0.6) is 5.75 Å². The molecular weight excluding hydrogens is 657 g/mol. The highest BCUT2D eigenvalue weighted by molar-refractivity contribution is 7.92. The van der Waals surface area contributed by atoms with E-state index in [0.717, 1.165) is 36.4 Å². The van der Waals surface area contributed by atoms with Crippen LogP contribution in [-0.2, 0) is 26.2 Å². The van der Waals surface area contributed by atoms with Crippen molar-refractivity contribution < 1.29 is 22.7 Å². The lowest BCUT2D eigenvalue weighted by Crippen LogP contribution is -2.54. The molecule has 1 aliphatic rings. The molecule has 45 heavy (non-hydrogen) atoms. The summed E-state index contributed by atoms with van der Waals surface area (Å²) < 4.78 is 35.2. The standard InChI is InChI=1S/C33H38Cl3N3O5S/c1-3-29(33(41)37-26-10-6-5-7-11-26)38(21-23-14-15-25(35)20-28(23)36)32(40)22-39(30-12-8-9-13-31(30)44-4-2)45(42,43)27-18-16-24(34)17-19-27/h8-9,12-20,26,29H,3-7,10-11,21-22H2,1-2H3,(H,37,41)/t29-/m0/s1. The molecule has 3 aromatic carbocycles. The molecule has 1 N–H and O–H groups in total. The van der Waals surface area contributed by atoms with Crippen molar-refractivity contribution in [1.82, 2.24) is 10.2 Å². The van der Waals surface area contributed by atoms with E-state index in [2.05, 4.69) is 5.32 Å². The summed E-state index contributed by atoms with van der Waals surface area (Å²) >= 11 is 18.7. The summed E-state index contributed by atoms with van der Waals surface area (Å²) in [6, 6.07) is 16.4. The average Bonchev–Trinajstić information content (AvgIpc) is 3.02. The van der Waals surface area contributed by atoms with E-state index in [0.29, 0.717) is 32.8 Å². The van der Waals surface area contributed by atoms with Crippen molar-refractivity contribution >= 4 is 62.3 Å². The summed E-state index contributed by atoms with van der Waals surface area (Å²) in [6.45, 7) is 3.25. The number of rotatable bonds is 13. The van der Waals surface area contributed by atoms with Crippen molar-refractivity contribution in [2.24, 2.45) is 0 Å². The number of ether oxygens (including phenoxy) is 1. The van der Waals surface area contributed by atoms with Crippen LogP contribution in [0.1, 0.15) is 57.9 Å². The van der Waals surface area contributed by atoms with Crippen LogP contribution in [0, 0.1) is 0 Å². The number of halogens is 3. The fourth-order valence-electron chi connectivity index (χ4n) is 5.49. The predicted molar refractivity (Wildman–Crippen MR) is 180 cm³/mol. The third-order valence-electron chi connectivity index (χ3n) is 7.81. The van der Waals surface area contributed by atoms with Crippen LogP contribution < -0.4 is 14.4 Å². The molecule has 0 heterocycles. The highest BCUT2D eigenvalue weighted by Crippen LogP contribution is 2.33. The van der Waals surface area contributed by atoms with E-state index < -0.39 is 28.5 Å². The molecule has 242 valence electrons. The van der Waals surface area contributed by atoms with E-state index in [1.165, 1.54) is 29.2 Å². The second-order valence-corrected chi connectivity index (χ2v) is 14.0. The molecule has 4 rings (SSSR count). The van der Waals surface area contributed by atoms with Gasteiger partial charge in [-0.2, -0.15) is 0 Å². The van der Waals surface area contributed by atoms with Crippen LogP contribution in [0.2, 0.25) is 15.1 Å². The number of nitrogens with zero attached hydrogens (tertiary/aromatic N) is 2. The quantitative estimate of drug-likeness (QED) is 0.200. The summed E-state index contributed by atoms with van der Waals surface area (Å²) in [5, 5.41) is 4.26. The molecule has 1 atom stereocenters. The molecule has 0 radical (unpaired) electrons. The van der Waals surface area contributed by atoms with Gasteiger partial charge in [0.1, 0.15) is 18.3 Å². The zero-order valence-electron chi connectivity index (χ0n) is 25.3. The Morgan fingerprint density at radius 1 is 0.933 bits per heavy atom. The summed E-state index contributed by atoms with van der Waals surface area (Å²) in [4.78, 5) is 29.5. The van der Waals surface area contributed by atoms with Gasteiger partial charge >= 0.3 is 0 Å². The Balaban J connectivity index is 1.76. The zero-order valence-corrected chi connectivity index (χ0v) is 28.4. The van der Waals surface area contributed by atoms with E-state index in [-0.39, 0.29) is 35.7 Å². The number of hydrogen-bond acceptors (Lipinski definition) is 5. The Morgan fingerprint density at radius 2 is 1.60 bits per heavy atom. The molecule has 1 aliphatic carbocycles. The lowest BCUT2D eigenvalue weighted by atomic mass is 9.95. The summed E-state index contributed by atoms with van der Waals surface area (Å²) in [7, 11) is -4.30. The van der Waals surface area contributed by atoms with Gasteiger partial charge < -0.3 is 15.0 Å². The predicted octanol–water partition coefficient (Wildman–Crippen LogP) is 7.50. The molecule has 1 fully saturated rings. The number of carbonyl (C=O) groups is 2. The molecule has 12 heteroatoms. The Bertz CT molecular complexity index is 1580. The van der Waals surface area contributed by atoms with Gasteiger partial charge in [-0.1, -0.05) is 79.2 Å². The number of benzene rings is 3. The van der Waals surface area contributed by atoms with Crippen molar-refractivity contribution in [3.8, 4) is 5.75 Å². The van der Waals surface area contributed by atoms with E-state index in [1.54, 1.807) is 49.4 Å². The SMILES string of the molecule is CCOc1ccccc1N(CC(=O)N(Cc1ccc(Cl)cc1Cl)[C@@H](CC)C(=O)NC1CCCCC1)S(=O)(=O)c1ccc(Cl)cc1. The van der Waals surface area contributed by atoms with Gasteiger partial charge in [0.2, 0.25) is 11.8 Å². The maximum Gasteiger partial charge on any atom is 0.264 e. The number of hydrogen-bond donors (Lipinski definition) is 1. The van der Waals surface area contributed by atoms with Gasteiger partial charge in [0.25, 0.3) is 10.0 Å². The van der Waals surface area contributed by atoms with Crippen LogP contribution in [0.3, 0.4) is 0 Å². The van der Waals surface area contributed by atoms with Gasteiger partial charge in [0, 0.05) is 27.7 Å². The van der Waals surface area contributed by atoms with Crippen molar-refractivity contribution in [3.05, 3.63) is 87.4 Å². The topological polar surface area (TPSA) is 96.0 Å². The number of carbonyl (C=O) groups excluding carboxylic acids is 2. The van der Waals surface area contributed by atoms with Crippen molar-refractivity contribution in [1.29, 1.82) is 0 Å². The number of para-hydroxylation sites is 2. The number of amides is 2. The monoisotopic (exact) mass is 693 g/mol. The highest BCUT2D eigenvalue weighted by Gasteiger charge is 2.35. The normalized spacial score (nSPS) is 14.4. The second kappa shape index (κ2) is 16.0. The van der Waals surface area contributed by atoms with Crippen molar-refractivity contribution in [2.75, 3.05) is 17.5 Å². The maximum atomic E-state index is 14.4. The first-order chi connectivity index (χ1) is 21.5. The molecule has 1 saturated carbocycles. The largest absolute Gasteiger partial charge is 0.492 e. The molecule has 0 aliphatic heterocycles. The Hall–Kier alpha value is -2.98. The minimum atomic E-state index is -4.30. The van der Waals surface area contributed by atoms with Gasteiger partial charge in [0.15, 0.2) is 0 Å². The van der Waals surface area contributed by atoms with Gasteiger partial charge in [-0.15, -0.1) is 0 Å². The summed E-state index contributed by atoms with van der Waals surface area (Å²) in [5.74, 6) is -0.583. The van der Waals surface area contributed by atoms with E-state index in [9.17, 15) is 18.0 Å². The highest BCUT2D eigenvalue weighted by atomic mass is 35.5. The first-order valence-corrected chi connectivity index (χ1v) is 17.7. The Kier molecular flexibility index (Phi) is 12.4.